The van der Waals surface area contributed by atoms with E-state index in [9.17, 15) is 0 Å². The molecule has 0 atom stereocenters. The van der Waals surface area contributed by atoms with E-state index in [4.69, 9.17) is 10.3 Å². The van der Waals surface area contributed by atoms with Crippen LogP contribution in [0.2, 0.25) is 0 Å². The molecule has 7 nitrogen and oxygen atoms in total. The van der Waals surface area contributed by atoms with Gasteiger partial charge in [0.05, 0.1) is 17.9 Å². The molecular formula is C13H18N6O. The third-order valence-electron chi connectivity index (χ3n) is 3.63. The lowest BCUT2D eigenvalue weighted by atomic mass is 10.2. The lowest BCUT2D eigenvalue weighted by molar-refractivity contribution is 0.392. The molecule has 0 radical (unpaired) electrons. The molecule has 7 heteroatoms. The van der Waals surface area contributed by atoms with E-state index >= 15 is 0 Å². The van der Waals surface area contributed by atoms with Gasteiger partial charge in [-0.2, -0.15) is 5.10 Å². The van der Waals surface area contributed by atoms with Crippen LogP contribution in [0.5, 0.6) is 0 Å². The van der Waals surface area contributed by atoms with Crippen LogP contribution in [0.3, 0.4) is 0 Å². The fourth-order valence-corrected chi connectivity index (χ4v) is 2.50. The van der Waals surface area contributed by atoms with Crippen molar-refractivity contribution in [1.29, 1.82) is 0 Å². The number of rotatable bonds is 3. The second kappa shape index (κ2) is 4.36. The second-order valence-corrected chi connectivity index (χ2v) is 4.93. The van der Waals surface area contributed by atoms with Gasteiger partial charge >= 0.3 is 0 Å². The Balaban J connectivity index is 2.18. The van der Waals surface area contributed by atoms with Crippen molar-refractivity contribution in [2.75, 3.05) is 5.73 Å². The highest BCUT2D eigenvalue weighted by atomic mass is 16.5. The highest BCUT2D eigenvalue weighted by Crippen LogP contribution is 2.24. The van der Waals surface area contributed by atoms with E-state index in [-0.39, 0.29) is 0 Å². The molecule has 0 aromatic carbocycles. The predicted molar refractivity (Wildman–Crippen MR) is 75.4 cm³/mol. The van der Waals surface area contributed by atoms with Gasteiger partial charge in [-0.25, -0.2) is 9.67 Å². The molecule has 3 aromatic heterocycles. The molecule has 3 heterocycles. The highest BCUT2D eigenvalue weighted by molar-refractivity contribution is 5.77. The Bertz CT molecular complexity index is 759. The monoisotopic (exact) mass is 274 g/mol. The van der Waals surface area contributed by atoms with E-state index in [0.29, 0.717) is 12.5 Å². The summed E-state index contributed by atoms with van der Waals surface area (Å²) in [7, 11) is 0. The lowest BCUT2D eigenvalue weighted by Crippen LogP contribution is -2.10. The zero-order valence-electron chi connectivity index (χ0n) is 12.1. The van der Waals surface area contributed by atoms with Gasteiger partial charge in [0.2, 0.25) is 5.95 Å². The van der Waals surface area contributed by atoms with Crippen molar-refractivity contribution in [2.24, 2.45) is 0 Å². The first-order valence-electron chi connectivity index (χ1n) is 6.63. The van der Waals surface area contributed by atoms with Crippen LogP contribution < -0.4 is 5.73 Å². The zero-order valence-corrected chi connectivity index (χ0v) is 12.1. The summed E-state index contributed by atoms with van der Waals surface area (Å²) in [6.07, 6.45) is 0. The summed E-state index contributed by atoms with van der Waals surface area (Å²) in [6, 6.07) is 0. The first kappa shape index (κ1) is 12.7. The molecule has 0 fully saturated rings. The van der Waals surface area contributed by atoms with Crippen molar-refractivity contribution >= 4 is 17.1 Å². The average molecular weight is 274 g/mol. The number of aromatic nitrogens is 5. The van der Waals surface area contributed by atoms with Crippen LogP contribution in [0.25, 0.3) is 11.2 Å². The maximum atomic E-state index is 6.07. The van der Waals surface area contributed by atoms with Crippen LogP contribution in [0, 0.1) is 20.8 Å². The summed E-state index contributed by atoms with van der Waals surface area (Å²) in [6.45, 7) is 9.20. The molecule has 0 saturated heterocycles. The molecule has 2 N–H and O–H groups in total. The van der Waals surface area contributed by atoms with Crippen molar-refractivity contribution < 1.29 is 4.52 Å². The van der Waals surface area contributed by atoms with Gasteiger partial charge in [0, 0.05) is 12.1 Å². The predicted octanol–water partition coefficient (Wildman–Crippen LogP) is 1.80. The fourth-order valence-electron chi connectivity index (χ4n) is 2.50. The highest BCUT2D eigenvalue weighted by Gasteiger charge is 2.19. The van der Waals surface area contributed by atoms with E-state index in [1.54, 1.807) is 0 Å². The van der Waals surface area contributed by atoms with Crippen molar-refractivity contribution in [3.05, 3.63) is 22.7 Å². The summed E-state index contributed by atoms with van der Waals surface area (Å²) in [5, 5.41) is 8.47. The molecular weight excluding hydrogens is 256 g/mol. The minimum atomic E-state index is 0.489. The molecule has 0 saturated carbocycles. The second-order valence-electron chi connectivity index (χ2n) is 4.93. The molecule has 3 rings (SSSR count). The molecule has 0 spiro atoms. The number of fused-ring (bicyclic) bond motifs is 1. The number of hydrogen-bond donors (Lipinski definition) is 1. The molecule has 106 valence electrons. The van der Waals surface area contributed by atoms with Gasteiger partial charge in [0.25, 0.3) is 0 Å². The number of hydrogen-bond acceptors (Lipinski definition) is 5. The number of nitrogens with zero attached hydrogens (tertiary/aromatic N) is 5. The van der Waals surface area contributed by atoms with E-state index in [2.05, 4.69) is 22.2 Å². The van der Waals surface area contributed by atoms with Crippen molar-refractivity contribution in [1.82, 2.24) is 24.5 Å². The number of anilines is 1. The molecule has 0 bridgehead atoms. The SMILES string of the molecule is CCn1nc(C)c2nc(N)n(Cc3c(C)noc3C)c21. The largest absolute Gasteiger partial charge is 0.369 e. The number of nitrogen functional groups attached to an aromatic ring is 1. The molecule has 0 aliphatic heterocycles. The summed E-state index contributed by atoms with van der Waals surface area (Å²) in [5.74, 6) is 1.30. The van der Waals surface area contributed by atoms with Gasteiger partial charge in [0.15, 0.2) is 5.65 Å². The fraction of sp³-hybridized carbons (Fsp3) is 0.462. The number of aryl methyl sites for hydroxylation is 4. The summed E-state index contributed by atoms with van der Waals surface area (Å²) in [4.78, 5) is 4.43. The van der Waals surface area contributed by atoms with Gasteiger partial charge in [-0.3, -0.25) is 4.57 Å². The zero-order chi connectivity index (χ0) is 14.4. The number of nitrogens with two attached hydrogens (primary N) is 1. The van der Waals surface area contributed by atoms with E-state index in [1.807, 2.05) is 30.0 Å². The molecule has 0 aliphatic carbocycles. The van der Waals surface area contributed by atoms with E-state index in [1.165, 1.54) is 0 Å². The number of imidazole rings is 1. The Kier molecular flexibility index (Phi) is 2.77. The van der Waals surface area contributed by atoms with E-state index < -0.39 is 0 Å². The first-order chi connectivity index (χ1) is 9.52. The quantitative estimate of drug-likeness (QED) is 0.786. The Morgan fingerprint density at radius 2 is 1.95 bits per heavy atom. The topological polar surface area (TPSA) is 87.7 Å². The van der Waals surface area contributed by atoms with Crippen LogP contribution in [0.1, 0.15) is 29.6 Å². The average Bonchev–Trinajstić information content (AvgIpc) is 3.01. The Hall–Kier alpha value is -2.31. The van der Waals surface area contributed by atoms with Gasteiger partial charge in [-0.05, 0) is 27.7 Å². The van der Waals surface area contributed by atoms with Gasteiger partial charge < -0.3 is 10.3 Å². The minimum absolute atomic E-state index is 0.489. The molecule has 3 aromatic rings. The van der Waals surface area contributed by atoms with Gasteiger partial charge in [-0.15, -0.1) is 0 Å². The van der Waals surface area contributed by atoms with Crippen molar-refractivity contribution in [3.8, 4) is 0 Å². The summed E-state index contributed by atoms with van der Waals surface area (Å²) >= 11 is 0. The Morgan fingerprint density at radius 3 is 2.55 bits per heavy atom. The Labute approximate surface area is 116 Å². The summed E-state index contributed by atoms with van der Waals surface area (Å²) < 4.78 is 9.10. The van der Waals surface area contributed by atoms with Gasteiger partial charge in [0.1, 0.15) is 11.3 Å². The molecule has 0 unspecified atom stereocenters. The maximum absolute atomic E-state index is 6.07. The third kappa shape index (κ3) is 1.70. The van der Waals surface area contributed by atoms with Crippen LogP contribution in [0.4, 0.5) is 5.95 Å². The minimum Gasteiger partial charge on any atom is -0.369 e. The van der Waals surface area contributed by atoms with Crippen molar-refractivity contribution in [2.45, 2.75) is 40.8 Å². The van der Waals surface area contributed by atoms with Crippen LogP contribution >= 0.6 is 0 Å². The van der Waals surface area contributed by atoms with Crippen molar-refractivity contribution in [3.63, 3.8) is 0 Å². The molecule has 0 amide bonds. The lowest BCUT2D eigenvalue weighted by Gasteiger charge is -2.07. The molecule has 0 aliphatic rings. The normalized spacial score (nSPS) is 11.6. The Morgan fingerprint density at radius 1 is 1.20 bits per heavy atom. The molecule has 20 heavy (non-hydrogen) atoms. The van der Waals surface area contributed by atoms with Crippen LogP contribution in [-0.4, -0.2) is 24.5 Å². The van der Waals surface area contributed by atoms with Gasteiger partial charge in [-0.1, -0.05) is 5.16 Å². The van der Waals surface area contributed by atoms with Crippen LogP contribution in [0.15, 0.2) is 4.52 Å². The smallest absolute Gasteiger partial charge is 0.202 e. The third-order valence-corrected chi connectivity index (χ3v) is 3.63. The summed E-state index contributed by atoms with van der Waals surface area (Å²) in [5.41, 5.74) is 10.7. The standard InChI is InChI=1S/C13H18N6O/c1-5-19-12-11(8(3)16-19)15-13(14)18(12)6-10-7(2)17-20-9(10)4/h5-6H2,1-4H3,(H2,14,15). The maximum Gasteiger partial charge on any atom is 0.202 e. The van der Waals surface area contributed by atoms with E-state index in [0.717, 1.165) is 40.4 Å². The first-order valence-corrected chi connectivity index (χ1v) is 6.63. The van der Waals surface area contributed by atoms with Crippen LogP contribution in [-0.2, 0) is 13.1 Å².